The Hall–Kier alpha value is -5.47. The number of ether oxygens (including phenoxy) is 2. The molecule has 12 rings (SSSR count). The van der Waals surface area contributed by atoms with Gasteiger partial charge in [0.05, 0.1) is 0 Å². The van der Waals surface area contributed by atoms with Gasteiger partial charge in [-0.2, -0.15) is 0 Å². The van der Waals surface area contributed by atoms with Gasteiger partial charge in [0.25, 0.3) is 13.4 Å². The maximum atomic E-state index is 6.65. The van der Waals surface area contributed by atoms with Crippen molar-refractivity contribution in [2.45, 2.75) is 39.5 Å². The van der Waals surface area contributed by atoms with Crippen LogP contribution in [0.3, 0.4) is 0 Å². The Labute approximate surface area is 292 Å². The summed E-state index contributed by atoms with van der Waals surface area (Å²) in [4.78, 5) is 0. The highest BCUT2D eigenvalue weighted by Gasteiger charge is 2.43. The second kappa shape index (κ2) is 9.20. The Kier molecular flexibility index (Phi) is 5.03. The number of para-hydroxylation sites is 2. The SMILES string of the molecule is CC(C)c1cc2c3c(cc4c(C(C)C)cc5c6c(cc1c3c46)B1c3ccccc3Oc3cccc-5c31)B1c3ccccc3Oc3cccc-2c31. The van der Waals surface area contributed by atoms with Gasteiger partial charge in [-0.15, -0.1) is 0 Å². The third kappa shape index (κ3) is 3.15. The number of hydrogen-bond acceptors (Lipinski definition) is 2. The van der Waals surface area contributed by atoms with Crippen LogP contribution >= 0.6 is 0 Å². The lowest BCUT2D eigenvalue weighted by Crippen LogP contribution is -2.58. The number of rotatable bonds is 2. The van der Waals surface area contributed by atoms with Gasteiger partial charge in [0.1, 0.15) is 23.0 Å². The minimum absolute atomic E-state index is 0.105. The molecule has 234 valence electrons. The van der Waals surface area contributed by atoms with E-state index in [1.165, 1.54) is 98.5 Å². The van der Waals surface area contributed by atoms with Crippen LogP contribution in [-0.2, 0) is 0 Å². The van der Waals surface area contributed by atoms with Gasteiger partial charge in [0, 0.05) is 0 Å². The van der Waals surface area contributed by atoms with Crippen LogP contribution in [0.15, 0.2) is 109 Å². The van der Waals surface area contributed by atoms with Crippen molar-refractivity contribution >= 4 is 78.5 Å². The Bertz CT molecular complexity index is 2650. The fraction of sp³-hybridized carbons (Fsp3) is 0.130. The standard InChI is InChI=1S/C46H32B2O2/c1-23(2)27-19-29-25-11-9-17-39-45(25)48(34-14-6-8-16-38(34)49-39)36-22-32-28(24(3)4)20-30-26-12-10-18-40-46(26)47(33-13-5-7-15-37(33)50-40)35-21-31(27)43(41(29)36)44(32)42(30)35/h5-24H,1-4H3. The Morgan fingerprint density at radius 3 is 1.26 bits per heavy atom. The van der Waals surface area contributed by atoms with Crippen LogP contribution in [0.4, 0.5) is 0 Å². The smallest absolute Gasteiger partial charge is 0.252 e. The first-order chi connectivity index (χ1) is 24.5. The second-order valence-electron chi connectivity index (χ2n) is 15.4. The van der Waals surface area contributed by atoms with Gasteiger partial charge in [-0.25, -0.2) is 0 Å². The molecule has 50 heavy (non-hydrogen) atoms. The monoisotopic (exact) mass is 638 g/mol. The van der Waals surface area contributed by atoms with Gasteiger partial charge < -0.3 is 9.47 Å². The summed E-state index contributed by atoms with van der Waals surface area (Å²) in [6.07, 6.45) is 0. The molecule has 0 saturated carbocycles. The second-order valence-corrected chi connectivity index (χ2v) is 15.4. The molecular formula is C46H32B2O2. The van der Waals surface area contributed by atoms with Crippen molar-refractivity contribution in [2.24, 2.45) is 0 Å². The van der Waals surface area contributed by atoms with E-state index in [1.807, 2.05) is 0 Å². The average molecular weight is 638 g/mol. The Morgan fingerprint density at radius 2 is 0.820 bits per heavy atom. The van der Waals surface area contributed by atoms with Crippen molar-refractivity contribution in [2.75, 3.05) is 0 Å². The molecular weight excluding hydrogens is 606 g/mol. The molecule has 0 aliphatic carbocycles. The van der Waals surface area contributed by atoms with Crippen LogP contribution < -0.4 is 42.3 Å². The number of fused-ring (bicyclic) bond motifs is 8. The molecule has 0 radical (unpaired) electrons. The van der Waals surface area contributed by atoms with E-state index in [1.54, 1.807) is 0 Å². The zero-order valence-electron chi connectivity index (χ0n) is 28.5. The number of benzene rings is 8. The minimum Gasteiger partial charge on any atom is -0.458 e. The lowest BCUT2D eigenvalue weighted by atomic mass is 9.32. The van der Waals surface area contributed by atoms with Gasteiger partial charge in [-0.1, -0.05) is 111 Å². The van der Waals surface area contributed by atoms with Gasteiger partial charge >= 0.3 is 0 Å². The predicted octanol–water partition coefficient (Wildman–Crippen LogP) is 8.04. The van der Waals surface area contributed by atoms with Crippen LogP contribution in [0, 0.1) is 0 Å². The Morgan fingerprint density at radius 1 is 0.400 bits per heavy atom. The van der Waals surface area contributed by atoms with Gasteiger partial charge in [0.2, 0.25) is 0 Å². The highest BCUT2D eigenvalue weighted by atomic mass is 16.5. The van der Waals surface area contributed by atoms with Crippen LogP contribution in [0.1, 0.15) is 50.7 Å². The lowest BCUT2D eigenvalue weighted by Gasteiger charge is -2.37. The highest BCUT2D eigenvalue weighted by molar-refractivity contribution is 7.01. The van der Waals surface area contributed by atoms with E-state index in [-0.39, 0.29) is 13.4 Å². The van der Waals surface area contributed by atoms with Crippen molar-refractivity contribution in [1.82, 2.24) is 0 Å². The predicted molar refractivity (Wildman–Crippen MR) is 212 cm³/mol. The molecule has 4 aliphatic heterocycles. The van der Waals surface area contributed by atoms with Crippen molar-refractivity contribution in [3.05, 3.63) is 120 Å². The summed E-state index contributed by atoms with van der Waals surface area (Å²) < 4.78 is 13.3. The van der Waals surface area contributed by atoms with E-state index in [2.05, 4.69) is 137 Å². The topological polar surface area (TPSA) is 18.5 Å². The summed E-state index contributed by atoms with van der Waals surface area (Å²) in [6.45, 7) is 9.65. The third-order valence-electron chi connectivity index (χ3n) is 12.3. The van der Waals surface area contributed by atoms with Crippen molar-refractivity contribution in [1.29, 1.82) is 0 Å². The van der Waals surface area contributed by atoms with E-state index < -0.39 is 0 Å². The van der Waals surface area contributed by atoms with Crippen LogP contribution in [-0.4, -0.2) is 13.4 Å². The van der Waals surface area contributed by atoms with Gasteiger partial charge in [-0.3, -0.25) is 0 Å². The van der Waals surface area contributed by atoms with Crippen LogP contribution in [0.2, 0.25) is 0 Å². The largest absolute Gasteiger partial charge is 0.458 e. The molecule has 0 spiro atoms. The molecule has 0 aromatic heterocycles. The molecule has 4 heterocycles. The van der Waals surface area contributed by atoms with E-state index >= 15 is 0 Å². The van der Waals surface area contributed by atoms with E-state index in [0.717, 1.165) is 23.0 Å². The zero-order valence-corrected chi connectivity index (χ0v) is 28.5. The molecule has 8 aromatic carbocycles. The van der Waals surface area contributed by atoms with Crippen molar-refractivity contribution in [3.63, 3.8) is 0 Å². The molecule has 0 unspecified atom stereocenters. The van der Waals surface area contributed by atoms with Crippen LogP contribution in [0.5, 0.6) is 23.0 Å². The summed E-state index contributed by atoms with van der Waals surface area (Å²) in [6, 6.07) is 40.9. The summed E-state index contributed by atoms with van der Waals surface area (Å²) in [5, 5.41) is 8.47. The first-order valence-corrected chi connectivity index (χ1v) is 18.1. The summed E-state index contributed by atoms with van der Waals surface area (Å²) in [7, 11) is 0. The third-order valence-corrected chi connectivity index (χ3v) is 12.3. The molecule has 0 fully saturated rings. The van der Waals surface area contributed by atoms with Crippen LogP contribution in [0.25, 0.3) is 54.6 Å². The maximum absolute atomic E-state index is 6.65. The van der Waals surface area contributed by atoms with Crippen molar-refractivity contribution in [3.8, 4) is 45.3 Å². The fourth-order valence-corrected chi connectivity index (χ4v) is 10.3. The first kappa shape index (κ1) is 27.4. The molecule has 4 aliphatic rings. The molecule has 0 N–H and O–H groups in total. The highest BCUT2D eigenvalue weighted by Crippen LogP contribution is 2.49. The Balaban J connectivity index is 1.34. The summed E-state index contributed by atoms with van der Waals surface area (Å²) in [5.41, 5.74) is 16.1. The summed E-state index contributed by atoms with van der Waals surface area (Å²) in [5.74, 6) is 4.58. The molecule has 0 amide bonds. The average Bonchev–Trinajstić information content (AvgIpc) is 3.13. The molecule has 0 bridgehead atoms. The maximum Gasteiger partial charge on any atom is 0.252 e. The zero-order chi connectivity index (χ0) is 33.2. The number of hydrogen-bond donors (Lipinski definition) is 0. The quantitative estimate of drug-likeness (QED) is 0.141. The molecule has 8 aromatic rings. The van der Waals surface area contributed by atoms with Gasteiger partial charge in [-0.05, 0) is 136 Å². The van der Waals surface area contributed by atoms with E-state index in [4.69, 9.17) is 9.47 Å². The molecule has 4 heteroatoms. The van der Waals surface area contributed by atoms with E-state index in [9.17, 15) is 0 Å². The molecule has 0 saturated heterocycles. The normalized spacial score (nSPS) is 14.2. The van der Waals surface area contributed by atoms with Gasteiger partial charge in [0.15, 0.2) is 0 Å². The molecule has 0 atom stereocenters. The molecule has 2 nitrogen and oxygen atoms in total. The first-order valence-electron chi connectivity index (χ1n) is 18.1. The fourth-order valence-electron chi connectivity index (χ4n) is 10.3. The minimum atomic E-state index is 0.105. The summed E-state index contributed by atoms with van der Waals surface area (Å²) >= 11 is 0. The van der Waals surface area contributed by atoms with E-state index in [0.29, 0.717) is 11.8 Å². The lowest BCUT2D eigenvalue weighted by molar-refractivity contribution is 0.487. The van der Waals surface area contributed by atoms with Crippen molar-refractivity contribution < 1.29 is 9.47 Å².